The van der Waals surface area contributed by atoms with Crippen LogP contribution in [0.1, 0.15) is 18.7 Å². The highest BCUT2D eigenvalue weighted by Crippen LogP contribution is 2.25. The van der Waals surface area contributed by atoms with E-state index < -0.39 is 0 Å². The minimum absolute atomic E-state index is 0.0920. The lowest BCUT2D eigenvalue weighted by Gasteiger charge is -2.39. The van der Waals surface area contributed by atoms with Crippen molar-refractivity contribution in [3.8, 4) is 0 Å². The number of halogens is 1. The van der Waals surface area contributed by atoms with Gasteiger partial charge in [0, 0.05) is 55.9 Å². The normalized spacial score (nSPS) is 18.1. The fourth-order valence-electron chi connectivity index (χ4n) is 4.53. The second-order valence-corrected chi connectivity index (χ2v) is 8.70. The average molecular weight is 440 g/mol. The Bertz CT molecular complexity index is 1080. The number of fused-ring (bicyclic) bond motifs is 1. The average Bonchev–Trinajstić information content (AvgIpc) is 3.19. The van der Waals surface area contributed by atoms with Crippen LogP contribution in [0.2, 0.25) is 5.02 Å². The number of hydrogen-bond donors (Lipinski definition) is 0. The van der Waals surface area contributed by atoms with Crippen molar-refractivity contribution in [3.05, 3.63) is 47.2 Å². The van der Waals surface area contributed by atoms with Gasteiger partial charge in [-0.05, 0) is 50.1 Å². The summed E-state index contributed by atoms with van der Waals surface area (Å²) < 4.78 is 1.77. The van der Waals surface area contributed by atoms with Gasteiger partial charge >= 0.3 is 0 Å². The van der Waals surface area contributed by atoms with E-state index >= 15 is 0 Å². The number of rotatable bonds is 3. The number of carbonyl (C=O) groups excluding carboxylic acids is 1. The van der Waals surface area contributed by atoms with Gasteiger partial charge in [0.1, 0.15) is 5.82 Å². The van der Waals surface area contributed by atoms with Crippen LogP contribution in [-0.4, -0.2) is 69.9 Å². The second-order valence-electron chi connectivity index (χ2n) is 8.26. The zero-order valence-electron chi connectivity index (χ0n) is 17.6. The van der Waals surface area contributed by atoms with Crippen molar-refractivity contribution >= 4 is 34.7 Å². The van der Waals surface area contributed by atoms with Crippen LogP contribution in [0.5, 0.6) is 0 Å². The van der Waals surface area contributed by atoms with Gasteiger partial charge in [-0.3, -0.25) is 4.79 Å². The first-order valence-corrected chi connectivity index (χ1v) is 11.2. The zero-order chi connectivity index (χ0) is 21.4. The summed E-state index contributed by atoms with van der Waals surface area (Å²) in [7, 11) is 0. The topological polar surface area (TPSA) is 69.9 Å². The van der Waals surface area contributed by atoms with Crippen LogP contribution in [0.25, 0.3) is 5.65 Å². The number of benzene rings is 1. The predicted octanol–water partition coefficient (Wildman–Crippen LogP) is 2.65. The number of carbonyl (C=O) groups is 1. The summed E-state index contributed by atoms with van der Waals surface area (Å²) in [5.41, 5.74) is 1.88. The molecule has 0 atom stereocenters. The molecule has 2 saturated heterocycles. The zero-order valence-corrected chi connectivity index (χ0v) is 18.4. The van der Waals surface area contributed by atoms with Gasteiger partial charge in [-0.2, -0.15) is 4.52 Å². The van der Waals surface area contributed by atoms with Crippen molar-refractivity contribution in [2.45, 2.75) is 19.8 Å². The van der Waals surface area contributed by atoms with Crippen molar-refractivity contribution < 1.29 is 4.79 Å². The Morgan fingerprint density at radius 3 is 2.48 bits per heavy atom. The molecule has 2 aliphatic rings. The molecular weight excluding hydrogens is 414 g/mol. The van der Waals surface area contributed by atoms with E-state index in [4.69, 9.17) is 11.6 Å². The summed E-state index contributed by atoms with van der Waals surface area (Å²) >= 11 is 6.12. The second kappa shape index (κ2) is 8.34. The SMILES string of the molecule is Cc1nnc2ccc(N3CCC(C(=O)N4CCN(c5cccc(Cl)c5)CC4)CC3)nn12. The summed E-state index contributed by atoms with van der Waals surface area (Å²) in [5, 5.41) is 13.6. The first-order valence-electron chi connectivity index (χ1n) is 10.8. The molecular formula is C22H26ClN7O. The maximum absolute atomic E-state index is 13.1. The van der Waals surface area contributed by atoms with Gasteiger partial charge in [0.15, 0.2) is 11.5 Å². The number of piperazine rings is 1. The van der Waals surface area contributed by atoms with Crippen LogP contribution in [0.15, 0.2) is 36.4 Å². The lowest BCUT2D eigenvalue weighted by Crippen LogP contribution is -2.51. The van der Waals surface area contributed by atoms with E-state index in [1.165, 1.54) is 0 Å². The number of anilines is 2. The summed E-state index contributed by atoms with van der Waals surface area (Å²) in [5.74, 6) is 2.08. The Kier molecular flexibility index (Phi) is 5.40. The van der Waals surface area contributed by atoms with Gasteiger partial charge in [-0.25, -0.2) is 0 Å². The highest BCUT2D eigenvalue weighted by atomic mass is 35.5. The van der Waals surface area contributed by atoms with Crippen LogP contribution < -0.4 is 9.80 Å². The molecule has 0 bridgehead atoms. The maximum Gasteiger partial charge on any atom is 0.225 e. The molecule has 5 rings (SSSR count). The standard InChI is InChI=1S/C22H26ClN7O/c1-16-24-25-20-5-6-21(26-30(16)20)28-9-7-17(8-10-28)22(31)29-13-11-27(12-14-29)19-4-2-3-18(23)15-19/h2-6,15,17H,7-14H2,1H3. The van der Waals surface area contributed by atoms with E-state index in [0.717, 1.165) is 80.1 Å². The quantitative estimate of drug-likeness (QED) is 0.625. The molecule has 3 aromatic rings. The molecule has 0 radical (unpaired) electrons. The minimum atomic E-state index is 0.0920. The van der Waals surface area contributed by atoms with E-state index in [1.807, 2.05) is 42.2 Å². The highest BCUT2D eigenvalue weighted by molar-refractivity contribution is 6.30. The molecule has 0 N–H and O–H groups in total. The number of aryl methyl sites for hydroxylation is 1. The van der Waals surface area contributed by atoms with Crippen LogP contribution in [0, 0.1) is 12.8 Å². The molecule has 2 fully saturated rings. The molecule has 2 aliphatic heterocycles. The third kappa shape index (κ3) is 4.04. The van der Waals surface area contributed by atoms with Gasteiger partial charge < -0.3 is 14.7 Å². The van der Waals surface area contributed by atoms with E-state index in [9.17, 15) is 4.79 Å². The summed E-state index contributed by atoms with van der Waals surface area (Å²) in [6, 6.07) is 11.9. The minimum Gasteiger partial charge on any atom is -0.368 e. The number of amides is 1. The van der Waals surface area contributed by atoms with Gasteiger partial charge in [0.25, 0.3) is 0 Å². The summed E-state index contributed by atoms with van der Waals surface area (Å²) in [6.45, 7) is 6.76. The molecule has 8 nitrogen and oxygen atoms in total. The molecule has 31 heavy (non-hydrogen) atoms. The molecule has 0 saturated carbocycles. The van der Waals surface area contributed by atoms with Crippen molar-refractivity contribution in [1.82, 2.24) is 24.7 Å². The van der Waals surface area contributed by atoms with Gasteiger partial charge in [-0.15, -0.1) is 15.3 Å². The van der Waals surface area contributed by atoms with Crippen molar-refractivity contribution in [1.29, 1.82) is 0 Å². The van der Waals surface area contributed by atoms with Crippen LogP contribution >= 0.6 is 11.6 Å². The van der Waals surface area contributed by atoms with Crippen molar-refractivity contribution in [2.24, 2.45) is 5.92 Å². The third-order valence-corrected chi connectivity index (χ3v) is 6.57. The summed E-state index contributed by atoms with van der Waals surface area (Å²) in [6.07, 6.45) is 1.71. The maximum atomic E-state index is 13.1. The molecule has 0 spiro atoms. The predicted molar refractivity (Wildman–Crippen MR) is 121 cm³/mol. The van der Waals surface area contributed by atoms with Gasteiger partial charge in [0.05, 0.1) is 0 Å². The lowest BCUT2D eigenvalue weighted by molar-refractivity contribution is -0.136. The Morgan fingerprint density at radius 2 is 1.74 bits per heavy atom. The largest absolute Gasteiger partial charge is 0.368 e. The van der Waals surface area contributed by atoms with E-state index in [2.05, 4.69) is 31.2 Å². The van der Waals surface area contributed by atoms with Gasteiger partial charge in [0.2, 0.25) is 5.91 Å². The first-order chi connectivity index (χ1) is 15.1. The molecule has 4 heterocycles. The van der Waals surface area contributed by atoms with Gasteiger partial charge in [-0.1, -0.05) is 17.7 Å². The van der Waals surface area contributed by atoms with Crippen LogP contribution in [0.4, 0.5) is 11.5 Å². The Morgan fingerprint density at radius 1 is 0.968 bits per heavy atom. The van der Waals surface area contributed by atoms with E-state index in [1.54, 1.807) is 4.52 Å². The highest BCUT2D eigenvalue weighted by Gasteiger charge is 2.31. The van der Waals surface area contributed by atoms with E-state index in [-0.39, 0.29) is 5.92 Å². The van der Waals surface area contributed by atoms with E-state index in [0.29, 0.717) is 5.91 Å². The van der Waals surface area contributed by atoms with Crippen molar-refractivity contribution in [3.63, 3.8) is 0 Å². The molecule has 162 valence electrons. The monoisotopic (exact) mass is 439 g/mol. The molecule has 0 unspecified atom stereocenters. The molecule has 9 heteroatoms. The van der Waals surface area contributed by atoms with Crippen LogP contribution in [0.3, 0.4) is 0 Å². The van der Waals surface area contributed by atoms with Crippen LogP contribution in [-0.2, 0) is 4.79 Å². The third-order valence-electron chi connectivity index (χ3n) is 6.34. The molecule has 2 aromatic heterocycles. The number of hydrogen-bond acceptors (Lipinski definition) is 6. The fourth-order valence-corrected chi connectivity index (χ4v) is 4.71. The smallest absolute Gasteiger partial charge is 0.225 e. The fraction of sp³-hybridized carbons (Fsp3) is 0.455. The first kappa shape index (κ1) is 20.1. The number of nitrogens with zero attached hydrogens (tertiary/aromatic N) is 7. The molecule has 1 amide bonds. The Hall–Kier alpha value is -2.87. The summed E-state index contributed by atoms with van der Waals surface area (Å²) in [4.78, 5) is 19.7. The lowest BCUT2D eigenvalue weighted by atomic mass is 9.95. The molecule has 0 aliphatic carbocycles. The van der Waals surface area contributed by atoms with Crippen molar-refractivity contribution in [2.75, 3.05) is 49.1 Å². The number of piperidine rings is 1. The number of aromatic nitrogens is 4. The Balaban J connectivity index is 1.16. The molecule has 1 aromatic carbocycles. The Labute approximate surface area is 186 Å².